The molecule has 2 amide bonds. The number of methoxy groups -OCH3 is 2. The molecule has 496 valence electrons. The number of carboxylic acids is 1. The molecule has 0 saturated heterocycles. The van der Waals surface area contributed by atoms with Crippen LogP contribution >= 0.6 is 0 Å². The van der Waals surface area contributed by atoms with Crippen LogP contribution in [0.15, 0.2) is 117 Å². The van der Waals surface area contributed by atoms with E-state index in [4.69, 9.17) is 53.1 Å². The van der Waals surface area contributed by atoms with Crippen molar-refractivity contribution in [3.05, 3.63) is 130 Å². The molecule has 27 heteroatoms. The zero-order valence-electron chi connectivity index (χ0n) is 54.3. The number of ether oxygens (including phenoxy) is 7. The minimum atomic E-state index is -7.00. The van der Waals surface area contributed by atoms with Crippen LogP contribution in [0.5, 0.6) is 0 Å². The molecule has 0 aliphatic carbocycles. The molecule has 0 unspecified atom stereocenters. The fourth-order valence-corrected chi connectivity index (χ4v) is 36.8. The Morgan fingerprint density at radius 3 is 1.44 bits per heavy atom. The maximum absolute atomic E-state index is 13.7. The van der Waals surface area contributed by atoms with Crippen molar-refractivity contribution >= 4 is 98.9 Å². The fourth-order valence-electron chi connectivity index (χ4n) is 14.5. The van der Waals surface area contributed by atoms with Crippen LogP contribution in [0.3, 0.4) is 0 Å². The van der Waals surface area contributed by atoms with E-state index >= 15 is 0 Å². The maximum Gasteiger partial charge on any atom is 0.0701 e. The third-order valence-electron chi connectivity index (χ3n) is 18.2. The number of hydrogen-bond acceptors (Lipinski definition) is 17. The molecule has 12 rings (SSSR count). The number of aromatic nitrogens is 2. The van der Waals surface area contributed by atoms with E-state index in [0.29, 0.717) is 189 Å². The largest absolute Gasteiger partial charge is 0.382 e. The number of carbonyl (C=O) groups excluding carboxylic acids is 2. The van der Waals surface area contributed by atoms with Crippen LogP contribution in [0.2, 0.25) is 38.3 Å². The van der Waals surface area contributed by atoms with Gasteiger partial charge in [0.05, 0.1) is 66.1 Å². The first-order chi connectivity index (χ1) is 45.1. The van der Waals surface area contributed by atoms with Crippen LogP contribution in [0.4, 0.5) is 16.4 Å². The molecule has 1 spiro atoms. The molecule has 0 atom stereocenters. The van der Waals surface area contributed by atoms with Gasteiger partial charge in [0.15, 0.2) is 0 Å². The van der Waals surface area contributed by atoms with E-state index in [9.17, 15) is 27.7 Å². The number of aliphatic imine (C=N–C) groups is 2. The van der Waals surface area contributed by atoms with E-state index < -0.39 is 36.5 Å². The average Bonchev–Trinajstić information content (AvgIpc) is 1.28. The summed E-state index contributed by atoms with van der Waals surface area (Å²) in [5.74, 6) is 2.85. The van der Waals surface area contributed by atoms with Gasteiger partial charge in [-0.15, -0.1) is 0 Å². The first kappa shape index (κ1) is 65.8. The van der Waals surface area contributed by atoms with Gasteiger partial charge in [0.1, 0.15) is 0 Å². The predicted molar refractivity (Wildman–Crippen MR) is 359 cm³/mol. The Kier molecular flexibility index (Phi) is 19.3. The standard InChI is InChI=1S/C66H87N11O13Si3/c1-82-38-40-86-44-42-84-36-33-73(34-37-85-43-45-87-41-39-83-2)32-19-35-88-66(81)68-31-18-47-92(5,6)90-93(89-91(3,4)46-17-30-67-56(78)28-15-16-29-57(79)80)74-58-48-20-7-8-21-49(48)59(74)70-61-52-24-11-12-25-53(52)63(76(61)93)72-65-55-27-14-13-26-54(55)64(77(65)93)71-62-51-23-10-9-22-50(51)60(69-58)75(62)93/h7-14,20-27H,15-19,28-47H2,1-6H3,(H,67,78)(H,68,81)(H,79,80). The van der Waals surface area contributed by atoms with Crippen molar-refractivity contribution in [3.63, 3.8) is 0 Å². The van der Waals surface area contributed by atoms with E-state index in [1.807, 2.05) is 48.5 Å². The number of fused-ring (bicyclic) bond motifs is 12. The number of amides is 2. The maximum atomic E-state index is 13.7. The summed E-state index contributed by atoms with van der Waals surface area (Å²) < 4.78 is 66.6. The second-order valence-corrected chi connectivity index (χ2v) is 39.8. The van der Waals surface area contributed by atoms with E-state index in [1.165, 1.54) is 0 Å². The summed E-state index contributed by atoms with van der Waals surface area (Å²) in [7, 11) is -10.4. The third-order valence-corrected chi connectivity index (χ3v) is 34.9. The number of aliphatic carboxylic acids is 1. The van der Waals surface area contributed by atoms with E-state index in [1.54, 1.807) is 14.2 Å². The number of nitrogens with zero attached hydrogens (tertiary/aromatic N) is 9. The molecule has 0 fully saturated rings. The van der Waals surface area contributed by atoms with Crippen LogP contribution in [-0.2, 0) is 51.0 Å². The van der Waals surface area contributed by atoms with E-state index in [2.05, 4.69) is 107 Å². The Labute approximate surface area is 542 Å². The smallest absolute Gasteiger partial charge is 0.0701 e. The fraction of sp³-hybridized carbons (Fsp3) is 0.470. The Bertz CT molecular complexity index is 3950. The number of carboxylic acid groups (broad SMARTS) is 1. The minimum absolute atomic E-state index is 0.0200. The van der Waals surface area contributed by atoms with Crippen LogP contribution in [0.1, 0.15) is 67.2 Å². The summed E-state index contributed by atoms with van der Waals surface area (Å²) in [4.78, 5) is 63.9. The molecule has 4 aromatic carbocycles. The van der Waals surface area contributed by atoms with Crippen molar-refractivity contribution in [2.75, 3.05) is 120 Å². The van der Waals surface area contributed by atoms with Crippen LogP contribution in [-0.4, -0.2) is 212 Å². The minimum Gasteiger partial charge on any atom is -0.382 e. The second-order valence-electron chi connectivity index (χ2n) is 25.5. The zero-order valence-corrected chi connectivity index (χ0v) is 57.3. The van der Waals surface area contributed by atoms with E-state index in [-0.39, 0.29) is 25.4 Å². The normalized spacial score (nSPS) is 16.9. The molecule has 93 heavy (non-hydrogen) atoms. The number of benzene rings is 4. The summed E-state index contributed by atoms with van der Waals surface area (Å²) in [6.07, 6.45) is 2.39. The van der Waals surface area contributed by atoms with Crippen molar-refractivity contribution < 1.29 is 69.4 Å². The van der Waals surface area contributed by atoms with Crippen molar-refractivity contribution in [1.29, 1.82) is 0 Å². The Hall–Kier alpha value is -7.26. The molecule has 6 aromatic rings. The topological polar surface area (TPSA) is 247 Å². The summed E-state index contributed by atoms with van der Waals surface area (Å²) >= 11 is 0. The molecule has 8 heterocycles. The van der Waals surface area contributed by atoms with Gasteiger partial charge >= 0.3 is 414 Å². The number of amidine groups is 4. The van der Waals surface area contributed by atoms with Crippen molar-refractivity contribution in [3.8, 4) is 0 Å². The zero-order chi connectivity index (χ0) is 64.9. The Morgan fingerprint density at radius 1 is 0.505 bits per heavy atom. The van der Waals surface area contributed by atoms with Gasteiger partial charge in [-0.3, -0.25) is 4.79 Å². The number of alkyl carbamates (subject to hydrolysis) is 1. The van der Waals surface area contributed by atoms with Gasteiger partial charge < -0.3 is 33.5 Å². The van der Waals surface area contributed by atoms with Gasteiger partial charge in [0, 0.05) is 27.3 Å². The second kappa shape index (κ2) is 27.2. The predicted octanol–water partition coefficient (Wildman–Crippen LogP) is 7.09. The van der Waals surface area contributed by atoms with Crippen LogP contribution in [0.25, 0.3) is 21.5 Å². The number of carbonyl (C=O) groups is 3. The first-order valence-electron chi connectivity index (χ1n) is 32.7. The van der Waals surface area contributed by atoms with Crippen molar-refractivity contribution in [1.82, 2.24) is 24.0 Å². The van der Waals surface area contributed by atoms with Gasteiger partial charge in [0.25, 0.3) is 0 Å². The Morgan fingerprint density at radius 2 is 0.946 bits per heavy atom. The molecule has 2 aromatic heterocycles. The summed E-state index contributed by atoms with van der Waals surface area (Å²) in [6, 6.07) is 34.4. The average molecular weight is 1330 g/mol. The summed E-state index contributed by atoms with van der Waals surface area (Å²) in [5.41, 5.74) is 4.79. The third kappa shape index (κ3) is 11.7. The van der Waals surface area contributed by atoms with Gasteiger partial charge in [-0.2, -0.15) is 0 Å². The van der Waals surface area contributed by atoms with Crippen molar-refractivity contribution in [2.24, 2.45) is 20.0 Å². The monoisotopic (exact) mass is 1330 g/mol. The van der Waals surface area contributed by atoms with Gasteiger partial charge in [-0.1, -0.05) is 0 Å². The van der Waals surface area contributed by atoms with E-state index in [0.717, 1.165) is 43.8 Å². The molecule has 0 saturated carbocycles. The summed E-state index contributed by atoms with van der Waals surface area (Å²) in [6.45, 7) is 17.0. The summed E-state index contributed by atoms with van der Waals surface area (Å²) in [5, 5.41) is 19.0. The molecular formula is C66H87N11O13Si3. The number of nitrogens with one attached hydrogen (secondary N) is 2. The SMILES string of the molecule is COCCOCCOCCN(CCCOC(=O)NCCC[Si](C)(C)O[Si-2]123(O[Si](C)(C)CCCNC(=O)CCCCC(=O)O)n4c5c6ccccc6c4N=C4c6ccccc6C(=[N+]41)N=c1c4ccccc4c(n12)=NC1=[N+]3C(=N5)c2ccccc21)CCOCCOCCOC. The molecule has 6 aliphatic heterocycles. The molecular weight excluding hydrogens is 1240 g/mol. The quantitative estimate of drug-likeness (QED) is 0.0258. The Balaban J connectivity index is 0.890. The molecule has 0 radical (unpaired) electrons. The molecule has 24 nitrogen and oxygen atoms in total. The van der Waals surface area contributed by atoms with Crippen LogP contribution in [0, 0.1) is 0 Å². The molecule has 0 bridgehead atoms. The van der Waals surface area contributed by atoms with Gasteiger partial charge in [0.2, 0.25) is 0 Å². The number of rotatable bonds is 39. The molecule has 6 aliphatic rings. The van der Waals surface area contributed by atoms with Gasteiger partial charge in [-0.05, 0) is 0 Å². The first-order valence-corrected chi connectivity index (χ1v) is 41.5. The molecule has 3 N–H and O–H groups in total. The number of hydrogen-bond donors (Lipinski definition) is 3. The van der Waals surface area contributed by atoms with Crippen molar-refractivity contribution in [2.45, 2.75) is 83.2 Å². The van der Waals surface area contributed by atoms with Gasteiger partial charge in [-0.25, -0.2) is 0 Å². The number of unbranched alkanes of at least 4 members (excludes halogenated alkanes) is 1. The van der Waals surface area contributed by atoms with Crippen LogP contribution < -0.4 is 21.6 Å².